The van der Waals surface area contributed by atoms with Crippen LogP contribution in [-0.4, -0.2) is 34.7 Å². The van der Waals surface area contributed by atoms with Gasteiger partial charge in [0.15, 0.2) is 0 Å². The van der Waals surface area contributed by atoms with Crippen LogP contribution in [0.25, 0.3) is 21.8 Å². The van der Waals surface area contributed by atoms with Crippen molar-refractivity contribution in [2.45, 2.75) is 41.2 Å². The van der Waals surface area contributed by atoms with Gasteiger partial charge in [0, 0.05) is 17.3 Å². The van der Waals surface area contributed by atoms with Crippen LogP contribution in [0.5, 0.6) is 11.5 Å². The Bertz CT molecular complexity index is 1410. The van der Waals surface area contributed by atoms with E-state index in [0.29, 0.717) is 23.7 Å². The minimum Gasteiger partial charge on any atom is -0.505 e. The van der Waals surface area contributed by atoms with Gasteiger partial charge < -0.3 is 15.6 Å². The Morgan fingerprint density at radius 3 is 2.43 bits per heavy atom. The number of nitrogen functional groups attached to an aromatic ring is 1. The molecule has 7 nitrogen and oxygen atoms in total. The van der Waals surface area contributed by atoms with Crippen molar-refractivity contribution in [3.8, 4) is 11.5 Å². The van der Waals surface area contributed by atoms with Crippen LogP contribution in [0.3, 0.4) is 0 Å². The molecule has 3 aromatic carbocycles. The first-order valence-corrected chi connectivity index (χ1v) is 12.1. The quantitative estimate of drug-likeness (QED) is 0.214. The maximum atomic E-state index is 10.7. The molecule has 182 valence electrons. The van der Waals surface area contributed by atoms with Gasteiger partial charge in [-0.1, -0.05) is 19.9 Å². The number of aromatic hydroxyl groups is 1. The molecule has 1 heterocycles. The van der Waals surface area contributed by atoms with Crippen LogP contribution < -0.4 is 10.5 Å². The zero-order valence-electron chi connectivity index (χ0n) is 21.1. The number of aryl methyl sites for hydroxylation is 1. The van der Waals surface area contributed by atoms with E-state index in [0.717, 1.165) is 63.9 Å². The van der Waals surface area contributed by atoms with Crippen molar-refractivity contribution < 1.29 is 9.84 Å². The summed E-state index contributed by atoms with van der Waals surface area (Å²) in [5.74, 6) is 0.931. The van der Waals surface area contributed by atoms with Crippen LogP contribution in [-0.2, 0) is 6.54 Å². The lowest BCUT2D eigenvalue weighted by Crippen LogP contribution is -2.22. The first kappa shape index (κ1) is 24.4. The summed E-state index contributed by atoms with van der Waals surface area (Å²) in [6, 6.07) is 13.4. The van der Waals surface area contributed by atoms with Crippen molar-refractivity contribution in [3.05, 3.63) is 59.2 Å². The SMILES string of the molecule is CCOc1ccc2nc3cc(/N=N/c4c(C)c(CN(CC)CC)cc(C)c4O)ccc3c(N)c2c1. The molecule has 0 amide bonds. The van der Waals surface area contributed by atoms with E-state index in [2.05, 4.69) is 29.0 Å². The van der Waals surface area contributed by atoms with Crippen LogP contribution >= 0.6 is 0 Å². The highest BCUT2D eigenvalue weighted by Crippen LogP contribution is 2.38. The second kappa shape index (κ2) is 10.3. The van der Waals surface area contributed by atoms with E-state index in [1.165, 1.54) is 0 Å². The first-order valence-electron chi connectivity index (χ1n) is 12.1. The van der Waals surface area contributed by atoms with E-state index in [9.17, 15) is 5.11 Å². The van der Waals surface area contributed by atoms with Gasteiger partial charge in [0.25, 0.3) is 0 Å². The second-order valence-corrected chi connectivity index (χ2v) is 8.68. The molecule has 7 heteroatoms. The fourth-order valence-corrected chi connectivity index (χ4v) is 4.30. The molecule has 3 N–H and O–H groups in total. The summed E-state index contributed by atoms with van der Waals surface area (Å²) in [5.41, 5.74) is 12.7. The van der Waals surface area contributed by atoms with Crippen LogP contribution in [0.4, 0.5) is 17.1 Å². The lowest BCUT2D eigenvalue weighted by Gasteiger charge is -2.21. The standard InChI is InChI=1S/C28H33N5O2/c1-6-33(7-2)16-19-13-17(4)28(34)27(18(19)5)32-31-20-9-11-22-25(14-20)30-24-12-10-21(35-8-3)15-23(24)26(22)29/h9-15,34H,6-8,16H2,1-5H3,(H2,29,30)/b32-31+. The molecule has 0 aliphatic heterocycles. The average Bonchev–Trinajstić information content (AvgIpc) is 2.86. The van der Waals surface area contributed by atoms with Crippen molar-refractivity contribution in [3.63, 3.8) is 0 Å². The summed E-state index contributed by atoms with van der Waals surface area (Å²) in [7, 11) is 0. The van der Waals surface area contributed by atoms with Crippen LogP contribution in [0.1, 0.15) is 37.5 Å². The van der Waals surface area contributed by atoms with Crippen molar-refractivity contribution in [2.75, 3.05) is 25.4 Å². The molecule has 0 bridgehead atoms. The number of hydrogen-bond acceptors (Lipinski definition) is 7. The summed E-state index contributed by atoms with van der Waals surface area (Å²) < 4.78 is 5.61. The fraction of sp³-hybridized carbons (Fsp3) is 0.321. The van der Waals surface area contributed by atoms with Crippen molar-refractivity contribution in [2.24, 2.45) is 10.2 Å². The molecule has 0 spiro atoms. The van der Waals surface area contributed by atoms with E-state index >= 15 is 0 Å². The maximum absolute atomic E-state index is 10.7. The van der Waals surface area contributed by atoms with E-state index in [1.807, 2.05) is 63.2 Å². The van der Waals surface area contributed by atoms with Crippen LogP contribution in [0, 0.1) is 13.8 Å². The predicted molar refractivity (Wildman–Crippen MR) is 143 cm³/mol. The van der Waals surface area contributed by atoms with Crippen molar-refractivity contribution in [1.82, 2.24) is 9.88 Å². The average molecular weight is 472 g/mol. The number of rotatable bonds is 8. The van der Waals surface area contributed by atoms with Gasteiger partial charge in [-0.3, -0.25) is 4.90 Å². The number of hydrogen-bond donors (Lipinski definition) is 2. The number of aromatic nitrogens is 1. The molecule has 0 fully saturated rings. The number of phenols is 1. The Kier molecular flexibility index (Phi) is 7.17. The monoisotopic (exact) mass is 471 g/mol. The molecule has 0 aliphatic carbocycles. The van der Waals surface area contributed by atoms with Gasteiger partial charge in [0.05, 0.1) is 29.0 Å². The minimum atomic E-state index is 0.161. The lowest BCUT2D eigenvalue weighted by atomic mass is 10.0. The number of ether oxygens (including phenoxy) is 1. The van der Waals surface area contributed by atoms with Crippen molar-refractivity contribution in [1.29, 1.82) is 0 Å². The van der Waals surface area contributed by atoms with E-state index in [-0.39, 0.29) is 5.75 Å². The molecule has 4 aromatic rings. The Balaban J connectivity index is 1.72. The molecule has 4 rings (SSSR count). The Morgan fingerprint density at radius 1 is 0.943 bits per heavy atom. The largest absolute Gasteiger partial charge is 0.505 e. The third-order valence-corrected chi connectivity index (χ3v) is 6.46. The fourth-order valence-electron chi connectivity index (χ4n) is 4.30. The lowest BCUT2D eigenvalue weighted by molar-refractivity contribution is 0.295. The third-order valence-electron chi connectivity index (χ3n) is 6.46. The third kappa shape index (κ3) is 4.91. The van der Waals surface area contributed by atoms with Crippen molar-refractivity contribution >= 4 is 38.9 Å². The molecule has 0 unspecified atom stereocenters. The maximum Gasteiger partial charge on any atom is 0.146 e. The zero-order chi connectivity index (χ0) is 25.1. The molecular weight excluding hydrogens is 438 g/mol. The van der Waals surface area contributed by atoms with Gasteiger partial charge in [-0.05, 0) is 86.9 Å². The normalized spacial score (nSPS) is 11.8. The topological polar surface area (TPSA) is 96.3 Å². The minimum absolute atomic E-state index is 0.161. The van der Waals surface area contributed by atoms with Gasteiger partial charge >= 0.3 is 0 Å². The molecule has 1 aromatic heterocycles. The molecular formula is C28H33N5O2. The predicted octanol–water partition coefficient (Wildman–Crippen LogP) is 6.95. The molecule has 0 saturated heterocycles. The summed E-state index contributed by atoms with van der Waals surface area (Å²) >= 11 is 0. The van der Waals surface area contributed by atoms with Crippen LogP contribution in [0.2, 0.25) is 0 Å². The van der Waals surface area contributed by atoms with Crippen LogP contribution in [0.15, 0.2) is 52.7 Å². The zero-order valence-corrected chi connectivity index (χ0v) is 21.1. The second-order valence-electron chi connectivity index (χ2n) is 8.68. The van der Waals surface area contributed by atoms with Gasteiger partial charge in [0.2, 0.25) is 0 Å². The smallest absolute Gasteiger partial charge is 0.146 e. The number of nitrogens with zero attached hydrogens (tertiary/aromatic N) is 4. The number of fused-ring (bicyclic) bond motifs is 2. The number of azo groups is 1. The molecule has 0 atom stereocenters. The molecule has 0 saturated carbocycles. The Labute approximate surface area is 206 Å². The Morgan fingerprint density at radius 2 is 1.71 bits per heavy atom. The number of nitrogens with two attached hydrogens (primary N) is 1. The summed E-state index contributed by atoms with van der Waals surface area (Å²) in [4.78, 5) is 7.11. The highest BCUT2D eigenvalue weighted by Gasteiger charge is 2.15. The number of anilines is 1. The molecule has 0 aliphatic rings. The molecule has 0 radical (unpaired) electrons. The molecule has 35 heavy (non-hydrogen) atoms. The highest BCUT2D eigenvalue weighted by molar-refractivity contribution is 6.07. The number of phenolic OH excluding ortho intramolecular Hbond substituents is 1. The van der Waals surface area contributed by atoms with Gasteiger partial charge in [-0.15, -0.1) is 5.11 Å². The van der Waals surface area contributed by atoms with E-state index in [1.54, 1.807) is 0 Å². The van der Waals surface area contributed by atoms with E-state index in [4.69, 9.17) is 15.5 Å². The number of pyridine rings is 1. The highest BCUT2D eigenvalue weighted by atomic mass is 16.5. The summed E-state index contributed by atoms with van der Waals surface area (Å²) in [6.07, 6.45) is 0. The van der Waals surface area contributed by atoms with Gasteiger partial charge in [-0.2, -0.15) is 5.11 Å². The number of benzene rings is 3. The summed E-state index contributed by atoms with van der Waals surface area (Å²) in [6.45, 7) is 13.4. The summed E-state index contributed by atoms with van der Waals surface area (Å²) in [5, 5.41) is 21.3. The first-order chi connectivity index (χ1) is 16.9. The van der Waals surface area contributed by atoms with E-state index < -0.39 is 0 Å². The van der Waals surface area contributed by atoms with Gasteiger partial charge in [-0.25, -0.2) is 4.98 Å². The Hall–Kier alpha value is -3.71. The van der Waals surface area contributed by atoms with Gasteiger partial charge in [0.1, 0.15) is 17.2 Å².